The van der Waals surface area contributed by atoms with Crippen molar-refractivity contribution >= 4 is 29.5 Å². The number of hydrogen-bond acceptors (Lipinski definition) is 4. The number of aliphatic carboxylic acids is 1. The third-order valence-corrected chi connectivity index (χ3v) is 5.94. The third-order valence-electron chi connectivity index (χ3n) is 5.63. The average Bonchev–Trinajstić information content (AvgIpc) is 2.84. The smallest absolute Gasteiger partial charge is 0.322 e. The van der Waals surface area contributed by atoms with E-state index in [0.717, 1.165) is 17.2 Å². The second kappa shape index (κ2) is 12.2. The molecule has 2 aromatic carbocycles. The van der Waals surface area contributed by atoms with Crippen molar-refractivity contribution in [3.05, 3.63) is 76.2 Å². The Labute approximate surface area is 207 Å². The Hall–Kier alpha value is -3.59. The predicted octanol–water partition coefficient (Wildman–Crippen LogP) is 4.05. The molecule has 0 saturated heterocycles. The van der Waals surface area contributed by atoms with Gasteiger partial charge in [0.1, 0.15) is 11.6 Å². The van der Waals surface area contributed by atoms with E-state index >= 15 is 0 Å². The summed E-state index contributed by atoms with van der Waals surface area (Å²) in [6.07, 6.45) is 2.51. The summed E-state index contributed by atoms with van der Waals surface area (Å²) in [5.41, 5.74) is 2.47. The Kier molecular flexibility index (Phi) is 9.08. The molecule has 3 N–H and O–H groups in total. The minimum atomic E-state index is -0.984. The predicted molar refractivity (Wildman–Crippen MR) is 129 cm³/mol. The normalized spacial score (nSPS) is 15.2. The highest BCUT2D eigenvalue weighted by Crippen LogP contribution is 2.32. The third kappa shape index (κ3) is 7.19. The molecular formula is C25H27ClFN3O5. The molecule has 0 aromatic heterocycles. The lowest BCUT2D eigenvalue weighted by Gasteiger charge is -2.36. The Morgan fingerprint density at radius 3 is 2.74 bits per heavy atom. The van der Waals surface area contributed by atoms with Crippen LogP contribution in [0.4, 0.5) is 9.18 Å². The lowest BCUT2D eigenvalue weighted by atomic mass is 9.91. The molecule has 0 saturated carbocycles. The Morgan fingerprint density at radius 2 is 2.03 bits per heavy atom. The number of carboxylic acids is 1. The molecule has 35 heavy (non-hydrogen) atoms. The maximum absolute atomic E-state index is 13.4. The summed E-state index contributed by atoms with van der Waals surface area (Å²) in [5.74, 6) is -1.85. The number of ether oxygens (including phenoxy) is 1. The number of hydrogen-bond donors (Lipinski definition) is 3. The number of halogens is 2. The van der Waals surface area contributed by atoms with E-state index in [0.29, 0.717) is 25.1 Å². The van der Waals surface area contributed by atoms with Gasteiger partial charge in [0.2, 0.25) is 0 Å². The Morgan fingerprint density at radius 1 is 1.26 bits per heavy atom. The molecule has 0 radical (unpaired) electrons. The first-order valence-corrected chi connectivity index (χ1v) is 11.5. The van der Waals surface area contributed by atoms with Crippen LogP contribution in [0, 0.1) is 5.82 Å². The number of carboxylic acid groups (broad SMARTS) is 1. The van der Waals surface area contributed by atoms with Crippen molar-refractivity contribution in [3.63, 3.8) is 0 Å². The fourth-order valence-corrected chi connectivity index (χ4v) is 3.99. The van der Waals surface area contributed by atoms with Gasteiger partial charge < -0.3 is 25.4 Å². The second-order valence-corrected chi connectivity index (χ2v) is 8.37. The minimum absolute atomic E-state index is 0.0363. The molecule has 1 atom stereocenters. The standard InChI is InChI=1S/C25H27ClFN3O5/c1-2-17(9-11-28-23(31)15-35-18-7-8-20(26)21(27)13-18)29-25(34)30-12-10-16-5-3-4-6-19(16)22(30)14-24(32)33/h2-8,13,22H,9-12,14-15H2,1H3,(H,28,31)(H,29,34)(H,32,33)/b17-2+. The number of benzene rings is 2. The number of allylic oxidation sites excluding steroid dienone is 1. The minimum Gasteiger partial charge on any atom is -0.484 e. The zero-order valence-electron chi connectivity index (χ0n) is 19.2. The van der Waals surface area contributed by atoms with E-state index in [-0.39, 0.29) is 30.3 Å². The highest BCUT2D eigenvalue weighted by molar-refractivity contribution is 6.30. The van der Waals surface area contributed by atoms with Crippen LogP contribution in [0.15, 0.2) is 54.2 Å². The van der Waals surface area contributed by atoms with Gasteiger partial charge in [-0.15, -0.1) is 0 Å². The molecule has 1 unspecified atom stereocenters. The molecule has 8 nitrogen and oxygen atoms in total. The van der Waals surface area contributed by atoms with Crippen LogP contribution < -0.4 is 15.4 Å². The molecule has 10 heteroatoms. The van der Waals surface area contributed by atoms with Crippen LogP contribution in [0.2, 0.25) is 5.02 Å². The van der Waals surface area contributed by atoms with Crippen molar-refractivity contribution in [2.24, 2.45) is 0 Å². The Bertz CT molecular complexity index is 1120. The highest BCUT2D eigenvalue weighted by atomic mass is 35.5. The molecule has 1 aliphatic heterocycles. The maximum Gasteiger partial charge on any atom is 0.322 e. The van der Waals surface area contributed by atoms with Gasteiger partial charge in [0, 0.05) is 31.3 Å². The van der Waals surface area contributed by atoms with Gasteiger partial charge in [0.15, 0.2) is 6.61 Å². The average molecular weight is 504 g/mol. The van der Waals surface area contributed by atoms with Crippen LogP contribution in [-0.2, 0) is 16.0 Å². The molecular weight excluding hydrogens is 477 g/mol. The topological polar surface area (TPSA) is 108 Å². The monoisotopic (exact) mass is 503 g/mol. The van der Waals surface area contributed by atoms with Crippen molar-refractivity contribution in [3.8, 4) is 5.75 Å². The van der Waals surface area contributed by atoms with E-state index in [2.05, 4.69) is 10.6 Å². The lowest BCUT2D eigenvalue weighted by Crippen LogP contribution is -2.46. The van der Waals surface area contributed by atoms with E-state index in [4.69, 9.17) is 16.3 Å². The summed E-state index contributed by atoms with van der Waals surface area (Å²) in [6.45, 7) is 2.09. The molecule has 0 bridgehead atoms. The van der Waals surface area contributed by atoms with Gasteiger partial charge in [-0.25, -0.2) is 9.18 Å². The molecule has 0 fully saturated rings. The van der Waals surface area contributed by atoms with Crippen LogP contribution in [0.3, 0.4) is 0 Å². The summed E-state index contributed by atoms with van der Waals surface area (Å²) in [4.78, 5) is 38.1. The van der Waals surface area contributed by atoms with E-state index < -0.39 is 29.8 Å². The van der Waals surface area contributed by atoms with Gasteiger partial charge in [0.25, 0.3) is 5.91 Å². The van der Waals surface area contributed by atoms with Gasteiger partial charge in [-0.2, -0.15) is 0 Å². The van der Waals surface area contributed by atoms with Crippen LogP contribution in [-0.4, -0.2) is 47.6 Å². The number of nitrogens with zero attached hydrogens (tertiary/aromatic N) is 1. The number of rotatable bonds is 9. The highest BCUT2D eigenvalue weighted by Gasteiger charge is 2.32. The quantitative estimate of drug-likeness (QED) is 0.478. The van der Waals surface area contributed by atoms with Crippen molar-refractivity contribution in [1.29, 1.82) is 0 Å². The number of amides is 3. The molecule has 3 amide bonds. The summed E-state index contributed by atoms with van der Waals surface area (Å²) >= 11 is 5.62. The van der Waals surface area contributed by atoms with Crippen molar-refractivity contribution < 1.29 is 28.6 Å². The number of nitrogens with one attached hydrogen (secondary N) is 2. The van der Waals surface area contributed by atoms with Crippen molar-refractivity contribution in [2.45, 2.75) is 32.2 Å². The van der Waals surface area contributed by atoms with Crippen LogP contribution in [0.25, 0.3) is 0 Å². The van der Waals surface area contributed by atoms with Gasteiger partial charge in [-0.3, -0.25) is 9.59 Å². The van der Waals surface area contributed by atoms with Gasteiger partial charge >= 0.3 is 12.0 Å². The zero-order chi connectivity index (χ0) is 25.4. The molecule has 1 aliphatic rings. The largest absolute Gasteiger partial charge is 0.484 e. The van der Waals surface area contributed by atoms with Crippen LogP contribution in [0.1, 0.15) is 36.9 Å². The SMILES string of the molecule is C/C=C(\CCNC(=O)COc1ccc(Cl)c(F)c1)NC(=O)N1CCc2ccccc2C1CC(=O)O. The first kappa shape index (κ1) is 26.0. The van der Waals surface area contributed by atoms with Crippen LogP contribution in [0.5, 0.6) is 5.75 Å². The Balaban J connectivity index is 1.50. The first-order chi connectivity index (χ1) is 16.8. The fraction of sp³-hybridized carbons (Fsp3) is 0.320. The molecule has 0 aliphatic carbocycles. The van der Waals surface area contributed by atoms with Crippen LogP contribution >= 0.6 is 11.6 Å². The summed E-state index contributed by atoms with van der Waals surface area (Å²) in [5, 5.41) is 14.9. The van der Waals surface area contributed by atoms with Gasteiger partial charge in [0.05, 0.1) is 17.5 Å². The maximum atomic E-state index is 13.4. The molecule has 3 rings (SSSR count). The lowest BCUT2D eigenvalue weighted by molar-refractivity contribution is -0.138. The summed E-state index contributed by atoms with van der Waals surface area (Å²) in [7, 11) is 0. The van der Waals surface area contributed by atoms with Crippen molar-refractivity contribution in [2.75, 3.05) is 19.7 Å². The van der Waals surface area contributed by atoms with Gasteiger partial charge in [-0.05, 0) is 36.6 Å². The van der Waals surface area contributed by atoms with E-state index in [1.165, 1.54) is 17.0 Å². The summed E-state index contributed by atoms with van der Waals surface area (Å²) < 4.78 is 18.7. The van der Waals surface area contributed by atoms with E-state index in [1.54, 1.807) is 13.0 Å². The molecule has 186 valence electrons. The van der Waals surface area contributed by atoms with Gasteiger partial charge in [-0.1, -0.05) is 41.9 Å². The molecule has 2 aromatic rings. The molecule has 1 heterocycles. The number of urea groups is 1. The zero-order valence-corrected chi connectivity index (χ0v) is 20.0. The van der Waals surface area contributed by atoms with Crippen molar-refractivity contribution in [1.82, 2.24) is 15.5 Å². The summed E-state index contributed by atoms with van der Waals surface area (Å²) in [6, 6.07) is 10.5. The fourth-order valence-electron chi connectivity index (χ4n) is 3.87. The first-order valence-electron chi connectivity index (χ1n) is 11.2. The number of carbonyl (C=O) groups excluding carboxylic acids is 2. The molecule has 0 spiro atoms. The number of fused-ring (bicyclic) bond motifs is 1. The second-order valence-electron chi connectivity index (χ2n) is 7.96. The number of carbonyl (C=O) groups is 3. The van der Waals surface area contributed by atoms with E-state index in [9.17, 15) is 23.9 Å². The van der Waals surface area contributed by atoms with E-state index in [1.807, 2.05) is 24.3 Å².